The van der Waals surface area contributed by atoms with E-state index in [1.54, 1.807) is 29.2 Å². The van der Waals surface area contributed by atoms with Crippen LogP contribution < -0.4 is 0 Å². The number of aromatic nitrogens is 4. The number of aryl methyl sites for hydroxylation is 1. The summed E-state index contributed by atoms with van der Waals surface area (Å²) in [4.78, 5) is 15.0. The van der Waals surface area contributed by atoms with Gasteiger partial charge in [-0.25, -0.2) is 8.42 Å². The number of hydrogen-bond acceptors (Lipinski definition) is 6. The van der Waals surface area contributed by atoms with Gasteiger partial charge in [0.2, 0.25) is 15.8 Å². The van der Waals surface area contributed by atoms with E-state index in [1.807, 2.05) is 43.3 Å². The summed E-state index contributed by atoms with van der Waals surface area (Å²) >= 11 is 0. The van der Waals surface area contributed by atoms with E-state index in [0.717, 1.165) is 16.7 Å². The maximum Gasteiger partial charge on any atom is 0.253 e. The third kappa shape index (κ3) is 4.58. The van der Waals surface area contributed by atoms with Crippen molar-refractivity contribution in [3.8, 4) is 22.5 Å². The largest absolute Gasteiger partial charge is 0.336 e. The molecule has 1 saturated heterocycles. The number of carbonyl (C=O) groups is 1. The van der Waals surface area contributed by atoms with Gasteiger partial charge in [0.15, 0.2) is 0 Å². The number of hydrogen-bond donors (Lipinski definition) is 1. The van der Waals surface area contributed by atoms with Crippen LogP contribution in [-0.4, -0.2) is 70.3 Å². The molecule has 4 aromatic rings. The molecule has 3 aromatic carbocycles. The van der Waals surface area contributed by atoms with Gasteiger partial charge in [0, 0.05) is 37.3 Å². The molecule has 0 unspecified atom stereocenters. The van der Waals surface area contributed by atoms with E-state index in [-0.39, 0.29) is 29.7 Å². The molecule has 1 N–H and O–H groups in total. The summed E-state index contributed by atoms with van der Waals surface area (Å²) in [7, 11) is -3.81. The zero-order valence-electron chi connectivity index (χ0n) is 19.1. The van der Waals surface area contributed by atoms with Crippen molar-refractivity contribution < 1.29 is 13.2 Å². The number of piperazine rings is 1. The van der Waals surface area contributed by atoms with Gasteiger partial charge in [0.25, 0.3) is 5.91 Å². The summed E-state index contributed by atoms with van der Waals surface area (Å²) < 4.78 is 28.2. The lowest BCUT2D eigenvalue weighted by Crippen LogP contribution is -2.50. The van der Waals surface area contributed by atoms with E-state index < -0.39 is 10.0 Å². The molecule has 0 saturated carbocycles. The molecule has 178 valence electrons. The molecule has 2 heterocycles. The Labute approximate surface area is 203 Å². The maximum absolute atomic E-state index is 13.4. The molecule has 35 heavy (non-hydrogen) atoms. The fourth-order valence-corrected chi connectivity index (χ4v) is 5.87. The Morgan fingerprint density at radius 2 is 1.60 bits per heavy atom. The number of carbonyl (C=O) groups excluding carboxylic acids is 1. The minimum Gasteiger partial charge on any atom is -0.336 e. The number of benzene rings is 3. The number of nitrogens with one attached hydrogen (secondary N) is 1. The lowest BCUT2D eigenvalue weighted by molar-refractivity contribution is 0.0698. The molecule has 1 fully saturated rings. The van der Waals surface area contributed by atoms with Crippen LogP contribution in [0.3, 0.4) is 0 Å². The molecule has 0 spiro atoms. The van der Waals surface area contributed by atoms with Crippen LogP contribution >= 0.6 is 0 Å². The first kappa shape index (κ1) is 22.9. The second-order valence-corrected chi connectivity index (χ2v) is 10.3. The fourth-order valence-electron chi connectivity index (χ4n) is 4.26. The molecule has 0 atom stereocenters. The van der Waals surface area contributed by atoms with E-state index in [0.29, 0.717) is 24.2 Å². The first-order chi connectivity index (χ1) is 16.9. The summed E-state index contributed by atoms with van der Waals surface area (Å²) in [6.07, 6.45) is 0. The van der Waals surface area contributed by atoms with Gasteiger partial charge < -0.3 is 4.90 Å². The number of nitrogens with zero attached hydrogens (tertiary/aromatic N) is 5. The van der Waals surface area contributed by atoms with Crippen LogP contribution in [0.25, 0.3) is 22.5 Å². The van der Waals surface area contributed by atoms with Crippen molar-refractivity contribution in [3.05, 3.63) is 83.9 Å². The number of tetrazole rings is 1. The Kier molecular flexibility index (Phi) is 6.14. The highest BCUT2D eigenvalue weighted by Crippen LogP contribution is 2.28. The number of sulfonamides is 1. The highest BCUT2D eigenvalue weighted by Gasteiger charge is 2.32. The van der Waals surface area contributed by atoms with Crippen molar-refractivity contribution in [2.45, 2.75) is 11.8 Å². The van der Waals surface area contributed by atoms with Crippen molar-refractivity contribution in [2.24, 2.45) is 0 Å². The van der Waals surface area contributed by atoms with Gasteiger partial charge in [-0.05, 0) is 47.5 Å². The van der Waals surface area contributed by atoms with E-state index in [2.05, 4.69) is 26.7 Å². The number of amides is 1. The smallest absolute Gasteiger partial charge is 0.253 e. The maximum atomic E-state index is 13.4. The van der Waals surface area contributed by atoms with Gasteiger partial charge in [-0.1, -0.05) is 54.1 Å². The van der Waals surface area contributed by atoms with E-state index in [1.165, 1.54) is 10.4 Å². The molecule has 10 heteroatoms. The minimum absolute atomic E-state index is 0.108. The monoisotopic (exact) mass is 488 g/mol. The highest BCUT2D eigenvalue weighted by molar-refractivity contribution is 7.89. The Balaban J connectivity index is 1.32. The minimum atomic E-state index is -3.81. The molecule has 1 aromatic heterocycles. The van der Waals surface area contributed by atoms with Crippen molar-refractivity contribution >= 4 is 15.9 Å². The third-order valence-electron chi connectivity index (χ3n) is 6.08. The lowest BCUT2D eigenvalue weighted by Gasteiger charge is -2.34. The highest BCUT2D eigenvalue weighted by atomic mass is 32.2. The van der Waals surface area contributed by atoms with Gasteiger partial charge in [0.1, 0.15) is 0 Å². The summed E-state index contributed by atoms with van der Waals surface area (Å²) in [5.41, 5.74) is 4.14. The molecule has 0 bridgehead atoms. The Morgan fingerprint density at radius 3 is 2.31 bits per heavy atom. The molecule has 1 amide bonds. The Morgan fingerprint density at radius 1 is 0.886 bits per heavy atom. The molecule has 1 aliphatic heterocycles. The Hall–Kier alpha value is -3.89. The third-order valence-corrected chi connectivity index (χ3v) is 8.03. The average molecular weight is 489 g/mol. The van der Waals surface area contributed by atoms with E-state index in [9.17, 15) is 13.2 Å². The zero-order valence-corrected chi connectivity index (χ0v) is 19.9. The summed E-state index contributed by atoms with van der Waals surface area (Å²) in [6.45, 7) is 3.04. The normalized spacial score (nSPS) is 14.7. The quantitative estimate of drug-likeness (QED) is 0.462. The van der Waals surface area contributed by atoms with Gasteiger partial charge >= 0.3 is 0 Å². The summed E-state index contributed by atoms with van der Waals surface area (Å²) in [5.74, 6) is 0.107. The molecular formula is C25H24N6O3S. The van der Waals surface area contributed by atoms with E-state index in [4.69, 9.17) is 0 Å². The van der Waals surface area contributed by atoms with Gasteiger partial charge in [-0.2, -0.15) is 9.52 Å². The standard InChI is InChI=1S/C25H24N6O3S/c1-18-6-4-7-19(16-18)20-8-5-9-21(17-20)25(32)30-12-14-31(15-13-30)35(33,34)23-11-3-2-10-22(23)24-26-28-29-27-24/h2-11,16-17H,12-15H2,1H3,(H,26,27,28,29). The molecule has 0 aliphatic carbocycles. The van der Waals surface area contributed by atoms with Gasteiger partial charge in [-0.3, -0.25) is 4.79 Å². The fraction of sp³-hybridized carbons (Fsp3) is 0.200. The predicted molar refractivity (Wildman–Crippen MR) is 131 cm³/mol. The summed E-state index contributed by atoms with van der Waals surface area (Å²) in [6, 6.07) is 22.3. The van der Waals surface area contributed by atoms with E-state index >= 15 is 0 Å². The number of H-pyrrole nitrogens is 1. The predicted octanol–water partition coefficient (Wildman–Crippen LogP) is 2.99. The Bertz CT molecular complexity index is 1460. The molecule has 9 nitrogen and oxygen atoms in total. The molecule has 5 rings (SSSR count). The second kappa shape index (κ2) is 9.40. The van der Waals surface area contributed by atoms with Crippen LogP contribution in [0, 0.1) is 6.92 Å². The van der Waals surface area contributed by atoms with Crippen molar-refractivity contribution in [1.29, 1.82) is 0 Å². The van der Waals surface area contributed by atoms with Crippen molar-refractivity contribution in [2.75, 3.05) is 26.2 Å². The van der Waals surface area contributed by atoms with Crippen molar-refractivity contribution in [1.82, 2.24) is 29.8 Å². The number of rotatable bonds is 5. The second-order valence-electron chi connectivity index (χ2n) is 8.38. The first-order valence-corrected chi connectivity index (χ1v) is 12.7. The summed E-state index contributed by atoms with van der Waals surface area (Å²) in [5, 5.41) is 13.7. The topological polar surface area (TPSA) is 112 Å². The molecular weight excluding hydrogens is 464 g/mol. The molecule has 1 aliphatic rings. The molecule has 0 radical (unpaired) electrons. The van der Waals surface area contributed by atoms with Crippen LogP contribution in [0.4, 0.5) is 0 Å². The lowest BCUT2D eigenvalue weighted by atomic mass is 10.0. The number of aromatic amines is 1. The SMILES string of the molecule is Cc1cccc(-c2cccc(C(=O)N3CCN(S(=O)(=O)c4ccccc4-c4nn[nH]n4)CC3)c2)c1. The van der Waals surface area contributed by atoms with Crippen LogP contribution in [0.15, 0.2) is 77.7 Å². The van der Waals surface area contributed by atoms with Gasteiger partial charge in [0.05, 0.1) is 4.90 Å². The van der Waals surface area contributed by atoms with Crippen LogP contribution in [-0.2, 0) is 10.0 Å². The van der Waals surface area contributed by atoms with Crippen LogP contribution in [0.1, 0.15) is 15.9 Å². The van der Waals surface area contributed by atoms with Crippen LogP contribution in [0.2, 0.25) is 0 Å². The first-order valence-electron chi connectivity index (χ1n) is 11.2. The van der Waals surface area contributed by atoms with Gasteiger partial charge in [-0.15, -0.1) is 10.2 Å². The zero-order chi connectivity index (χ0) is 24.4. The van der Waals surface area contributed by atoms with Crippen molar-refractivity contribution in [3.63, 3.8) is 0 Å². The van der Waals surface area contributed by atoms with Crippen LogP contribution in [0.5, 0.6) is 0 Å². The average Bonchev–Trinajstić information content (AvgIpc) is 3.43.